The minimum atomic E-state index is -4.73. The number of aromatic nitrogens is 3. The largest absolute Gasteiger partial charge is 0.481 e. The summed E-state index contributed by atoms with van der Waals surface area (Å²) in [6, 6.07) is 11.6. The Morgan fingerprint density at radius 1 is 1.10 bits per heavy atom. The smallest absolute Gasteiger partial charge is 0.350 e. The van der Waals surface area contributed by atoms with E-state index in [4.69, 9.17) is 5.41 Å². The second-order valence-corrected chi connectivity index (χ2v) is 8.45. The van der Waals surface area contributed by atoms with Gasteiger partial charge in [0.2, 0.25) is 0 Å². The molecule has 0 saturated carbocycles. The maximum atomic E-state index is 13.0. The maximum Gasteiger partial charge on any atom is 0.481 e. The fraction of sp³-hybridized carbons (Fsp3) is 0.192. The first-order chi connectivity index (χ1) is 18.5. The number of rotatable bonds is 9. The minimum Gasteiger partial charge on any atom is -0.350 e. The van der Waals surface area contributed by atoms with E-state index in [1.54, 1.807) is 30.3 Å². The van der Waals surface area contributed by atoms with Crippen LogP contribution in [-0.2, 0) is 18.3 Å². The highest BCUT2D eigenvalue weighted by atomic mass is 19.4. The van der Waals surface area contributed by atoms with Crippen LogP contribution in [-0.4, -0.2) is 39.9 Å². The number of halogens is 5. The molecule has 0 fully saturated rings. The van der Waals surface area contributed by atoms with Gasteiger partial charge >= 0.3 is 12.9 Å². The molecule has 3 N–H and O–H groups in total. The maximum absolute atomic E-state index is 13.0. The van der Waals surface area contributed by atoms with Crippen molar-refractivity contribution in [3.05, 3.63) is 87.5 Å². The molecule has 0 amide bonds. The lowest BCUT2D eigenvalue weighted by Gasteiger charge is -2.15. The van der Waals surface area contributed by atoms with Crippen molar-refractivity contribution in [3.8, 4) is 22.3 Å². The van der Waals surface area contributed by atoms with Gasteiger partial charge in [-0.2, -0.15) is 22.0 Å². The molecule has 39 heavy (non-hydrogen) atoms. The molecule has 13 heteroatoms. The number of nitrogens with one attached hydrogen (secondary N) is 3. The zero-order valence-electron chi connectivity index (χ0n) is 20.4. The van der Waals surface area contributed by atoms with Gasteiger partial charge in [0.15, 0.2) is 0 Å². The first-order valence-electron chi connectivity index (χ1n) is 11.5. The SMILES string of the molecule is Cn1cc(-c2cc(=O)n(CCOC(F)F)cc2-c2ccccc2)c2cc(/C(C=N)=C/NC(F)(F)F)[nH]c2c1=O. The minimum absolute atomic E-state index is 0.0540. The van der Waals surface area contributed by atoms with E-state index < -0.39 is 30.6 Å². The van der Waals surface area contributed by atoms with Gasteiger partial charge in [0, 0.05) is 72.2 Å². The zero-order chi connectivity index (χ0) is 28.3. The summed E-state index contributed by atoms with van der Waals surface area (Å²) in [7, 11) is 1.48. The predicted octanol–water partition coefficient (Wildman–Crippen LogP) is 4.70. The molecule has 0 spiro atoms. The Morgan fingerprint density at radius 2 is 1.82 bits per heavy atom. The average molecular weight is 547 g/mol. The summed E-state index contributed by atoms with van der Waals surface area (Å²) in [6.45, 7) is -3.53. The Balaban J connectivity index is 1.94. The topological polar surface area (TPSA) is 105 Å². The summed E-state index contributed by atoms with van der Waals surface area (Å²) in [4.78, 5) is 28.7. The summed E-state index contributed by atoms with van der Waals surface area (Å²) in [5.41, 5.74) is 0.987. The predicted molar refractivity (Wildman–Crippen MR) is 137 cm³/mol. The van der Waals surface area contributed by atoms with Gasteiger partial charge in [-0.25, -0.2) is 0 Å². The second-order valence-electron chi connectivity index (χ2n) is 8.45. The van der Waals surface area contributed by atoms with E-state index in [1.807, 2.05) is 0 Å². The van der Waals surface area contributed by atoms with E-state index in [9.17, 15) is 31.5 Å². The van der Waals surface area contributed by atoms with Crippen LogP contribution in [0.1, 0.15) is 5.69 Å². The molecule has 0 atom stereocenters. The summed E-state index contributed by atoms with van der Waals surface area (Å²) >= 11 is 0. The molecule has 4 rings (SSSR count). The average Bonchev–Trinajstić information content (AvgIpc) is 3.32. The monoisotopic (exact) mass is 547 g/mol. The fourth-order valence-electron chi connectivity index (χ4n) is 4.12. The Hall–Kier alpha value is -4.52. The lowest BCUT2D eigenvalue weighted by atomic mass is 9.95. The van der Waals surface area contributed by atoms with E-state index in [0.29, 0.717) is 40.1 Å². The first-order valence-corrected chi connectivity index (χ1v) is 11.5. The quantitative estimate of drug-likeness (QED) is 0.161. The molecule has 3 aromatic heterocycles. The number of hydrogen-bond donors (Lipinski definition) is 3. The van der Waals surface area contributed by atoms with Crippen molar-refractivity contribution >= 4 is 22.7 Å². The van der Waals surface area contributed by atoms with E-state index in [2.05, 4.69) is 9.72 Å². The van der Waals surface area contributed by atoms with Crippen molar-refractivity contribution < 1.29 is 26.7 Å². The van der Waals surface area contributed by atoms with Crippen LogP contribution >= 0.6 is 0 Å². The molecule has 0 aliphatic heterocycles. The number of pyridine rings is 2. The fourth-order valence-corrected chi connectivity index (χ4v) is 4.12. The molecular formula is C26H22F5N5O3. The molecular weight excluding hydrogens is 525 g/mol. The number of aromatic amines is 1. The third kappa shape index (κ3) is 6.14. The Kier molecular flexibility index (Phi) is 7.81. The second kappa shape index (κ2) is 11.1. The molecule has 204 valence electrons. The van der Waals surface area contributed by atoms with Gasteiger partial charge in [-0.1, -0.05) is 30.3 Å². The molecule has 0 radical (unpaired) electrons. The highest BCUT2D eigenvalue weighted by Gasteiger charge is 2.25. The number of allylic oxidation sites excluding steroid dienone is 1. The molecule has 3 heterocycles. The van der Waals surface area contributed by atoms with Crippen molar-refractivity contribution in [2.24, 2.45) is 7.05 Å². The van der Waals surface area contributed by atoms with Crippen LogP contribution in [0.2, 0.25) is 0 Å². The standard InChI is InChI=1S/C26H22F5N5O3/c1-35-13-20(18-9-21(34-23(18)24(35)38)16(11-32)12-33-26(29,30)31)17-10-22(37)36(7-8-39-25(27)28)14-19(17)15-5-3-2-4-6-15/h2-6,9-14,25,32-34H,7-8H2,1H3/b16-12+,32-11?. The number of ether oxygens (including phenoxy) is 1. The Bertz CT molecular complexity index is 1650. The zero-order valence-corrected chi connectivity index (χ0v) is 20.4. The summed E-state index contributed by atoms with van der Waals surface area (Å²) in [5, 5.41) is 9.11. The number of fused-ring (bicyclic) bond motifs is 1. The van der Waals surface area contributed by atoms with E-state index in [1.165, 1.54) is 46.0 Å². The number of benzene rings is 1. The van der Waals surface area contributed by atoms with Gasteiger partial charge in [0.25, 0.3) is 11.1 Å². The summed E-state index contributed by atoms with van der Waals surface area (Å²) in [6.07, 6.45) is -0.431. The van der Waals surface area contributed by atoms with Crippen molar-refractivity contribution in [2.45, 2.75) is 19.5 Å². The van der Waals surface area contributed by atoms with Crippen LogP contribution in [0.15, 0.2) is 70.6 Å². The van der Waals surface area contributed by atoms with Crippen LogP contribution < -0.4 is 16.4 Å². The van der Waals surface area contributed by atoms with Crippen LogP contribution in [0.25, 0.3) is 38.7 Å². The van der Waals surface area contributed by atoms with Crippen LogP contribution in [0, 0.1) is 5.41 Å². The molecule has 8 nitrogen and oxygen atoms in total. The number of hydrogen-bond acceptors (Lipinski definition) is 5. The van der Waals surface area contributed by atoms with Gasteiger partial charge in [0.05, 0.1) is 6.61 Å². The van der Waals surface area contributed by atoms with Crippen molar-refractivity contribution in [3.63, 3.8) is 0 Å². The van der Waals surface area contributed by atoms with Gasteiger partial charge < -0.3 is 29.6 Å². The third-order valence-electron chi connectivity index (χ3n) is 5.90. The van der Waals surface area contributed by atoms with Gasteiger partial charge in [0.1, 0.15) is 5.52 Å². The highest BCUT2D eigenvalue weighted by Crippen LogP contribution is 2.35. The third-order valence-corrected chi connectivity index (χ3v) is 5.90. The van der Waals surface area contributed by atoms with Gasteiger partial charge in [-0.15, -0.1) is 0 Å². The molecule has 1 aromatic carbocycles. The van der Waals surface area contributed by atoms with E-state index in [0.717, 1.165) is 0 Å². The molecule has 0 unspecified atom stereocenters. The van der Waals surface area contributed by atoms with Gasteiger partial charge in [-0.3, -0.25) is 9.59 Å². The molecule has 4 aromatic rings. The summed E-state index contributed by atoms with van der Waals surface area (Å²) < 4.78 is 69.8. The Morgan fingerprint density at radius 3 is 2.46 bits per heavy atom. The molecule has 0 aliphatic rings. The number of alkyl halides is 5. The molecule has 0 saturated heterocycles. The lowest BCUT2D eigenvalue weighted by molar-refractivity contribution is -0.146. The Labute approximate surface area is 217 Å². The number of nitrogens with zero attached hydrogens (tertiary/aromatic N) is 2. The summed E-state index contributed by atoms with van der Waals surface area (Å²) in [5.74, 6) is 0. The lowest BCUT2D eigenvalue weighted by Crippen LogP contribution is -2.26. The van der Waals surface area contributed by atoms with Crippen molar-refractivity contribution in [2.75, 3.05) is 6.61 Å². The number of aryl methyl sites for hydroxylation is 1. The van der Waals surface area contributed by atoms with E-state index in [-0.39, 0.29) is 23.3 Å². The van der Waals surface area contributed by atoms with Crippen LogP contribution in [0.5, 0.6) is 0 Å². The first kappa shape index (κ1) is 27.5. The highest BCUT2D eigenvalue weighted by molar-refractivity contribution is 6.10. The molecule has 0 aliphatic carbocycles. The van der Waals surface area contributed by atoms with Crippen LogP contribution in [0.3, 0.4) is 0 Å². The number of H-pyrrole nitrogens is 1. The molecule has 0 bridgehead atoms. The van der Waals surface area contributed by atoms with Gasteiger partial charge in [-0.05, 0) is 17.2 Å². The van der Waals surface area contributed by atoms with Crippen molar-refractivity contribution in [1.82, 2.24) is 19.4 Å². The van der Waals surface area contributed by atoms with Crippen molar-refractivity contribution in [1.29, 1.82) is 5.41 Å². The van der Waals surface area contributed by atoms with Crippen LogP contribution in [0.4, 0.5) is 22.0 Å². The normalized spacial score (nSPS) is 12.3. The van der Waals surface area contributed by atoms with E-state index >= 15 is 0 Å².